The van der Waals surface area contributed by atoms with Gasteiger partial charge in [-0.3, -0.25) is 4.79 Å². The Kier molecular flexibility index (Phi) is 2.79. The van der Waals surface area contributed by atoms with Crippen molar-refractivity contribution in [2.75, 3.05) is 5.73 Å². The number of phenolic OH excluding ortho intramolecular Hbond substituents is 1. The lowest BCUT2D eigenvalue weighted by atomic mass is 9.97. The molecule has 0 radical (unpaired) electrons. The van der Waals surface area contributed by atoms with Crippen LogP contribution >= 0.6 is 0 Å². The van der Waals surface area contributed by atoms with E-state index in [-0.39, 0.29) is 23.1 Å². The van der Waals surface area contributed by atoms with E-state index in [9.17, 15) is 9.90 Å². The van der Waals surface area contributed by atoms with Crippen molar-refractivity contribution in [2.45, 2.75) is 26.7 Å². The van der Waals surface area contributed by atoms with Gasteiger partial charge in [0.1, 0.15) is 5.75 Å². The van der Waals surface area contributed by atoms with E-state index in [2.05, 4.69) is 0 Å². The number of rotatable bonds is 2. The van der Waals surface area contributed by atoms with Crippen molar-refractivity contribution in [1.82, 2.24) is 0 Å². The Labute approximate surface area is 83.6 Å². The Hall–Kier alpha value is -1.51. The summed E-state index contributed by atoms with van der Waals surface area (Å²) >= 11 is 0. The topological polar surface area (TPSA) is 63.3 Å². The van der Waals surface area contributed by atoms with Crippen LogP contribution in [0.1, 0.15) is 42.6 Å². The first-order valence-electron chi connectivity index (χ1n) is 4.56. The Morgan fingerprint density at radius 3 is 2.43 bits per heavy atom. The molecule has 3 nitrogen and oxygen atoms in total. The van der Waals surface area contributed by atoms with Gasteiger partial charge in [-0.25, -0.2) is 0 Å². The number of phenols is 1. The van der Waals surface area contributed by atoms with Gasteiger partial charge in [0, 0.05) is 5.56 Å². The minimum Gasteiger partial charge on any atom is -0.505 e. The minimum absolute atomic E-state index is 0.0430. The molecule has 1 aromatic carbocycles. The fourth-order valence-electron chi connectivity index (χ4n) is 1.32. The van der Waals surface area contributed by atoms with Crippen LogP contribution in [0, 0.1) is 0 Å². The molecule has 3 N–H and O–H groups in total. The zero-order chi connectivity index (χ0) is 10.9. The number of benzene rings is 1. The molecule has 0 saturated carbocycles. The fraction of sp³-hybridized carbons (Fsp3) is 0.364. The summed E-state index contributed by atoms with van der Waals surface area (Å²) < 4.78 is 0. The van der Waals surface area contributed by atoms with Gasteiger partial charge in [-0.1, -0.05) is 13.8 Å². The SMILES string of the molecule is CC(=O)c1cc(N)c(O)c(C(C)C)c1. The number of ketones is 1. The van der Waals surface area contributed by atoms with E-state index < -0.39 is 0 Å². The fourth-order valence-corrected chi connectivity index (χ4v) is 1.32. The Balaban J connectivity index is 3.35. The van der Waals surface area contributed by atoms with Crippen LogP contribution in [0.25, 0.3) is 0 Å². The number of carbonyl (C=O) groups is 1. The van der Waals surface area contributed by atoms with Gasteiger partial charge in [0.15, 0.2) is 5.78 Å². The quantitative estimate of drug-likeness (QED) is 0.430. The van der Waals surface area contributed by atoms with Crippen LogP contribution in [-0.4, -0.2) is 10.9 Å². The predicted molar refractivity (Wildman–Crippen MR) is 56.6 cm³/mol. The number of hydrogen-bond donors (Lipinski definition) is 2. The lowest BCUT2D eigenvalue weighted by Crippen LogP contribution is -2.00. The third kappa shape index (κ3) is 1.87. The second-order valence-corrected chi connectivity index (χ2v) is 3.71. The molecule has 0 spiro atoms. The van der Waals surface area contributed by atoms with Crippen molar-refractivity contribution < 1.29 is 9.90 Å². The highest BCUT2D eigenvalue weighted by Gasteiger charge is 2.12. The van der Waals surface area contributed by atoms with Gasteiger partial charge in [-0.2, -0.15) is 0 Å². The Bertz CT molecular complexity index is 370. The van der Waals surface area contributed by atoms with Crippen LogP contribution in [0.2, 0.25) is 0 Å². The third-order valence-corrected chi connectivity index (χ3v) is 2.20. The molecule has 0 unspecified atom stereocenters. The number of carbonyl (C=O) groups excluding carboxylic acids is 1. The maximum absolute atomic E-state index is 11.1. The third-order valence-electron chi connectivity index (χ3n) is 2.20. The zero-order valence-electron chi connectivity index (χ0n) is 8.66. The van der Waals surface area contributed by atoms with E-state index in [1.807, 2.05) is 13.8 Å². The molecular weight excluding hydrogens is 178 g/mol. The molecule has 76 valence electrons. The van der Waals surface area contributed by atoms with Gasteiger partial charge in [0.2, 0.25) is 0 Å². The summed E-state index contributed by atoms with van der Waals surface area (Å²) in [7, 11) is 0. The molecule has 0 aliphatic carbocycles. The van der Waals surface area contributed by atoms with Gasteiger partial charge >= 0.3 is 0 Å². The van der Waals surface area contributed by atoms with Crippen molar-refractivity contribution in [3.8, 4) is 5.75 Å². The van der Waals surface area contributed by atoms with E-state index in [1.165, 1.54) is 13.0 Å². The number of aromatic hydroxyl groups is 1. The molecule has 0 aromatic heterocycles. The summed E-state index contributed by atoms with van der Waals surface area (Å²) in [6.07, 6.45) is 0. The second-order valence-electron chi connectivity index (χ2n) is 3.71. The lowest BCUT2D eigenvalue weighted by Gasteiger charge is -2.11. The first-order valence-corrected chi connectivity index (χ1v) is 4.56. The van der Waals surface area contributed by atoms with Crippen LogP contribution in [0.15, 0.2) is 12.1 Å². The first kappa shape index (κ1) is 10.6. The predicted octanol–water partition coefficient (Wildman–Crippen LogP) is 2.30. The number of nitrogens with two attached hydrogens (primary N) is 1. The molecule has 0 bridgehead atoms. The van der Waals surface area contributed by atoms with Crippen molar-refractivity contribution in [3.63, 3.8) is 0 Å². The molecule has 1 aromatic rings. The van der Waals surface area contributed by atoms with Gasteiger partial charge in [0.25, 0.3) is 0 Å². The molecule has 1 rings (SSSR count). The molecule has 0 aliphatic heterocycles. The van der Waals surface area contributed by atoms with Crippen molar-refractivity contribution in [2.24, 2.45) is 0 Å². The van der Waals surface area contributed by atoms with Gasteiger partial charge in [-0.05, 0) is 30.5 Å². The first-order chi connectivity index (χ1) is 6.43. The molecule has 0 heterocycles. The summed E-state index contributed by atoms with van der Waals surface area (Å²) in [6, 6.07) is 3.20. The average Bonchev–Trinajstić information content (AvgIpc) is 2.08. The number of hydrogen-bond acceptors (Lipinski definition) is 3. The summed E-state index contributed by atoms with van der Waals surface area (Å²) in [6.45, 7) is 5.37. The monoisotopic (exact) mass is 193 g/mol. The average molecular weight is 193 g/mol. The standard InChI is InChI=1S/C11H15NO2/c1-6(2)9-4-8(7(3)13)5-10(12)11(9)14/h4-6,14H,12H2,1-3H3. The summed E-state index contributed by atoms with van der Waals surface area (Å²) in [4.78, 5) is 11.1. The number of Topliss-reactive ketones (excluding diaryl/α,β-unsaturated/α-hetero) is 1. The molecular formula is C11H15NO2. The number of anilines is 1. The molecule has 0 atom stereocenters. The highest BCUT2D eigenvalue weighted by atomic mass is 16.3. The van der Waals surface area contributed by atoms with Gasteiger partial charge in [-0.15, -0.1) is 0 Å². The molecule has 0 saturated heterocycles. The maximum atomic E-state index is 11.1. The Morgan fingerprint density at radius 1 is 1.43 bits per heavy atom. The van der Waals surface area contributed by atoms with Crippen molar-refractivity contribution in [1.29, 1.82) is 0 Å². The van der Waals surface area contributed by atoms with E-state index in [1.54, 1.807) is 6.07 Å². The maximum Gasteiger partial charge on any atom is 0.159 e. The molecule has 3 heteroatoms. The summed E-state index contributed by atoms with van der Waals surface area (Å²) in [5.41, 5.74) is 7.12. The normalized spacial score (nSPS) is 10.6. The summed E-state index contributed by atoms with van der Waals surface area (Å²) in [5.74, 6) is 0.195. The van der Waals surface area contributed by atoms with E-state index >= 15 is 0 Å². The van der Waals surface area contributed by atoms with Crippen molar-refractivity contribution in [3.05, 3.63) is 23.3 Å². The van der Waals surface area contributed by atoms with E-state index in [0.29, 0.717) is 5.56 Å². The van der Waals surface area contributed by atoms with Crippen LogP contribution in [0.4, 0.5) is 5.69 Å². The highest BCUT2D eigenvalue weighted by Crippen LogP contribution is 2.32. The van der Waals surface area contributed by atoms with Gasteiger partial charge < -0.3 is 10.8 Å². The second kappa shape index (κ2) is 3.70. The molecule has 0 fully saturated rings. The summed E-state index contributed by atoms with van der Waals surface area (Å²) in [5, 5.41) is 9.64. The minimum atomic E-state index is -0.0430. The van der Waals surface area contributed by atoms with Gasteiger partial charge in [0.05, 0.1) is 5.69 Å². The van der Waals surface area contributed by atoms with Crippen LogP contribution in [-0.2, 0) is 0 Å². The lowest BCUT2D eigenvalue weighted by molar-refractivity contribution is 0.101. The van der Waals surface area contributed by atoms with Crippen LogP contribution in [0.3, 0.4) is 0 Å². The molecule has 14 heavy (non-hydrogen) atoms. The van der Waals surface area contributed by atoms with E-state index in [0.717, 1.165) is 5.56 Å². The van der Waals surface area contributed by atoms with Crippen LogP contribution < -0.4 is 5.73 Å². The smallest absolute Gasteiger partial charge is 0.159 e. The van der Waals surface area contributed by atoms with Crippen molar-refractivity contribution >= 4 is 11.5 Å². The zero-order valence-corrected chi connectivity index (χ0v) is 8.66. The highest BCUT2D eigenvalue weighted by molar-refractivity contribution is 5.95. The number of nitrogen functional groups attached to an aromatic ring is 1. The Morgan fingerprint density at radius 2 is 2.00 bits per heavy atom. The molecule has 0 amide bonds. The van der Waals surface area contributed by atoms with E-state index in [4.69, 9.17) is 5.73 Å². The largest absolute Gasteiger partial charge is 0.505 e. The molecule has 0 aliphatic rings. The van der Waals surface area contributed by atoms with Crippen LogP contribution in [0.5, 0.6) is 5.75 Å².